The van der Waals surface area contributed by atoms with E-state index in [-0.39, 0.29) is 9.72 Å². The van der Waals surface area contributed by atoms with Gasteiger partial charge in [0.25, 0.3) is 0 Å². The van der Waals surface area contributed by atoms with E-state index >= 15 is 0 Å². The Bertz CT molecular complexity index is 547. The van der Waals surface area contributed by atoms with Gasteiger partial charge >= 0.3 is 0 Å². The lowest BCUT2D eigenvalue weighted by atomic mass is 10.3. The summed E-state index contributed by atoms with van der Waals surface area (Å²) >= 11 is 3.39. The van der Waals surface area contributed by atoms with Gasteiger partial charge in [0.1, 0.15) is 13.2 Å². The fourth-order valence-electron chi connectivity index (χ4n) is 1.62. The zero-order valence-corrected chi connectivity index (χ0v) is 13.0. The van der Waals surface area contributed by atoms with Crippen LogP contribution in [-0.2, 0) is 10.0 Å². The van der Waals surface area contributed by atoms with E-state index in [0.29, 0.717) is 31.3 Å². The zero-order valence-electron chi connectivity index (χ0n) is 10.6. The van der Waals surface area contributed by atoms with Crippen LogP contribution in [0.3, 0.4) is 0 Å². The number of hydrogen-bond donors (Lipinski definition) is 1. The summed E-state index contributed by atoms with van der Waals surface area (Å²) in [6.07, 6.45) is 0.851. The minimum atomic E-state index is -3.51. The minimum Gasteiger partial charge on any atom is -0.486 e. The van der Waals surface area contributed by atoms with Crippen LogP contribution in [0.2, 0.25) is 0 Å². The van der Waals surface area contributed by atoms with Crippen LogP contribution in [0.5, 0.6) is 11.5 Å². The molecule has 0 spiro atoms. The van der Waals surface area contributed by atoms with Crippen molar-refractivity contribution in [1.82, 2.24) is 4.72 Å². The first-order chi connectivity index (χ1) is 9.03. The highest BCUT2D eigenvalue weighted by molar-refractivity contribution is 9.09. The summed E-state index contributed by atoms with van der Waals surface area (Å²) in [7, 11) is -3.51. The van der Waals surface area contributed by atoms with Gasteiger partial charge in [-0.15, -0.1) is 0 Å². The summed E-state index contributed by atoms with van der Waals surface area (Å²) < 4.78 is 37.5. The number of benzene rings is 1. The van der Waals surface area contributed by atoms with Gasteiger partial charge in [0, 0.05) is 17.4 Å². The molecule has 1 aliphatic heterocycles. The van der Waals surface area contributed by atoms with Crippen molar-refractivity contribution < 1.29 is 17.9 Å². The molecule has 0 radical (unpaired) electrons. The summed E-state index contributed by atoms with van der Waals surface area (Å²) in [4.78, 5) is 0.312. The van der Waals surface area contributed by atoms with Crippen LogP contribution in [-0.4, -0.2) is 33.0 Å². The normalized spacial score (nSPS) is 16.1. The van der Waals surface area contributed by atoms with E-state index in [1.165, 1.54) is 12.1 Å². The highest BCUT2D eigenvalue weighted by Crippen LogP contribution is 2.32. The Hall–Kier alpha value is -0.790. The first-order valence-electron chi connectivity index (χ1n) is 6.06. The zero-order chi connectivity index (χ0) is 13.9. The number of halogens is 1. The number of rotatable bonds is 5. The maximum absolute atomic E-state index is 12.1. The third kappa shape index (κ3) is 3.61. The van der Waals surface area contributed by atoms with Gasteiger partial charge in [-0.25, -0.2) is 13.1 Å². The molecule has 0 fully saturated rings. The largest absolute Gasteiger partial charge is 0.486 e. The van der Waals surface area contributed by atoms with Gasteiger partial charge in [0.2, 0.25) is 10.0 Å². The average Bonchev–Trinajstić information content (AvgIpc) is 2.44. The van der Waals surface area contributed by atoms with Crippen LogP contribution < -0.4 is 14.2 Å². The SMILES string of the molecule is CCC(Br)CNS(=O)(=O)c1ccc2c(c1)OCCO2. The molecule has 5 nitrogen and oxygen atoms in total. The molecule has 0 amide bonds. The monoisotopic (exact) mass is 349 g/mol. The molecule has 1 aromatic carbocycles. The standard InChI is InChI=1S/C12H16BrNO4S/c1-2-9(13)8-14-19(15,16)10-3-4-11-12(7-10)18-6-5-17-11/h3-4,7,9,14H,2,5-6,8H2,1H3. The van der Waals surface area contributed by atoms with Gasteiger partial charge in [-0.05, 0) is 18.6 Å². The quantitative estimate of drug-likeness (QED) is 0.824. The van der Waals surface area contributed by atoms with E-state index in [4.69, 9.17) is 9.47 Å². The second kappa shape index (κ2) is 6.11. The summed E-state index contributed by atoms with van der Waals surface area (Å²) in [6.45, 7) is 3.26. The number of nitrogens with one attached hydrogen (secondary N) is 1. The molecular formula is C12H16BrNO4S. The van der Waals surface area contributed by atoms with Crippen LogP contribution in [0.25, 0.3) is 0 Å². The molecule has 0 saturated carbocycles. The van der Waals surface area contributed by atoms with Crippen molar-refractivity contribution in [2.45, 2.75) is 23.1 Å². The first-order valence-corrected chi connectivity index (χ1v) is 8.46. The fourth-order valence-corrected chi connectivity index (χ4v) is 3.09. The summed E-state index contributed by atoms with van der Waals surface area (Å²) in [5, 5.41) is 0. The smallest absolute Gasteiger partial charge is 0.240 e. The second-order valence-electron chi connectivity index (χ2n) is 4.16. The maximum atomic E-state index is 12.1. The van der Waals surface area contributed by atoms with Gasteiger partial charge in [0.15, 0.2) is 11.5 Å². The van der Waals surface area contributed by atoms with Crippen LogP contribution in [0.4, 0.5) is 0 Å². The lowest BCUT2D eigenvalue weighted by Crippen LogP contribution is -2.29. The van der Waals surface area contributed by atoms with E-state index in [0.717, 1.165) is 6.42 Å². The van der Waals surface area contributed by atoms with Crippen molar-refractivity contribution in [2.75, 3.05) is 19.8 Å². The summed E-state index contributed by atoms with van der Waals surface area (Å²) in [6, 6.07) is 4.63. The summed E-state index contributed by atoms with van der Waals surface area (Å²) in [5.41, 5.74) is 0. The Kier molecular flexibility index (Phi) is 4.70. The Labute approximate surface area is 121 Å². The average molecular weight is 350 g/mol. The molecule has 1 aromatic rings. The predicted molar refractivity (Wildman–Crippen MR) is 75.6 cm³/mol. The second-order valence-corrected chi connectivity index (χ2v) is 7.22. The Morgan fingerprint density at radius 2 is 2.00 bits per heavy atom. The van der Waals surface area contributed by atoms with Gasteiger partial charge in [0.05, 0.1) is 4.90 Å². The number of alkyl halides is 1. The molecule has 0 bridgehead atoms. The summed E-state index contributed by atoms with van der Waals surface area (Å²) in [5.74, 6) is 1.05. The highest BCUT2D eigenvalue weighted by Gasteiger charge is 2.19. The Morgan fingerprint density at radius 1 is 1.32 bits per heavy atom. The van der Waals surface area contributed by atoms with Crippen molar-refractivity contribution >= 4 is 26.0 Å². The molecule has 1 atom stereocenters. The molecule has 0 aromatic heterocycles. The number of fused-ring (bicyclic) bond motifs is 1. The lowest BCUT2D eigenvalue weighted by Gasteiger charge is -2.19. The van der Waals surface area contributed by atoms with Crippen LogP contribution in [0, 0.1) is 0 Å². The minimum absolute atomic E-state index is 0.125. The fraction of sp³-hybridized carbons (Fsp3) is 0.500. The molecular weight excluding hydrogens is 334 g/mol. The first kappa shape index (κ1) is 14.6. The molecule has 106 valence electrons. The number of hydrogen-bond acceptors (Lipinski definition) is 4. The molecule has 1 unspecified atom stereocenters. The maximum Gasteiger partial charge on any atom is 0.240 e. The molecule has 1 heterocycles. The molecule has 1 aliphatic rings. The van der Waals surface area contributed by atoms with Crippen molar-refractivity contribution in [3.05, 3.63) is 18.2 Å². The number of ether oxygens (including phenoxy) is 2. The van der Waals surface area contributed by atoms with Crippen molar-refractivity contribution in [1.29, 1.82) is 0 Å². The molecule has 0 saturated heterocycles. The van der Waals surface area contributed by atoms with E-state index in [1.54, 1.807) is 6.07 Å². The highest BCUT2D eigenvalue weighted by atomic mass is 79.9. The van der Waals surface area contributed by atoms with Gasteiger partial charge < -0.3 is 9.47 Å². The predicted octanol–water partition coefficient (Wildman–Crippen LogP) is 1.91. The third-order valence-electron chi connectivity index (χ3n) is 2.76. The molecule has 2 rings (SSSR count). The van der Waals surface area contributed by atoms with Gasteiger partial charge in [-0.2, -0.15) is 0 Å². The van der Waals surface area contributed by atoms with Gasteiger partial charge in [-0.3, -0.25) is 0 Å². The van der Waals surface area contributed by atoms with Crippen molar-refractivity contribution in [3.8, 4) is 11.5 Å². The van der Waals surface area contributed by atoms with Crippen molar-refractivity contribution in [2.24, 2.45) is 0 Å². The van der Waals surface area contributed by atoms with Crippen LogP contribution in [0.1, 0.15) is 13.3 Å². The third-order valence-corrected chi connectivity index (χ3v) is 5.15. The van der Waals surface area contributed by atoms with Crippen molar-refractivity contribution in [3.63, 3.8) is 0 Å². The van der Waals surface area contributed by atoms with E-state index in [9.17, 15) is 8.42 Å². The van der Waals surface area contributed by atoms with E-state index < -0.39 is 10.0 Å². The Morgan fingerprint density at radius 3 is 2.68 bits per heavy atom. The topological polar surface area (TPSA) is 64.6 Å². The van der Waals surface area contributed by atoms with E-state index in [2.05, 4.69) is 20.7 Å². The molecule has 7 heteroatoms. The molecule has 1 N–H and O–H groups in total. The molecule has 19 heavy (non-hydrogen) atoms. The van der Waals surface area contributed by atoms with Crippen LogP contribution in [0.15, 0.2) is 23.1 Å². The van der Waals surface area contributed by atoms with Gasteiger partial charge in [-0.1, -0.05) is 22.9 Å². The molecule has 0 aliphatic carbocycles. The lowest BCUT2D eigenvalue weighted by molar-refractivity contribution is 0.171. The number of sulfonamides is 1. The van der Waals surface area contributed by atoms with E-state index in [1.807, 2.05) is 6.92 Å². The Balaban J connectivity index is 2.16. The van der Waals surface area contributed by atoms with Crippen LogP contribution >= 0.6 is 15.9 Å².